The Bertz CT molecular complexity index is 202. The molecule has 0 heterocycles. The fourth-order valence-electron chi connectivity index (χ4n) is 2.61. The Hall–Kier alpha value is -0.730. The molecule has 0 saturated heterocycles. The predicted octanol–water partition coefficient (Wildman–Crippen LogP) is 2.35. The summed E-state index contributed by atoms with van der Waals surface area (Å²) in [6.45, 7) is 2.20. The fraction of sp³-hybridized carbons (Fsp3) is 0.900. The minimum Gasteiger partial charge on any atom is -0.435 e. The van der Waals surface area contributed by atoms with Crippen LogP contribution in [0, 0.1) is 11.8 Å². The van der Waals surface area contributed by atoms with Gasteiger partial charge >= 0.3 is 6.16 Å². The van der Waals surface area contributed by atoms with Gasteiger partial charge in [0.2, 0.25) is 0 Å². The zero-order chi connectivity index (χ0) is 9.26. The number of hydrogen-bond acceptors (Lipinski definition) is 3. The number of carbonyl (C=O) groups excluding carboxylic acids is 1. The van der Waals surface area contributed by atoms with E-state index >= 15 is 0 Å². The smallest absolute Gasteiger partial charge is 0.435 e. The van der Waals surface area contributed by atoms with Gasteiger partial charge in [-0.3, -0.25) is 0 Å². The Labute approximate surface area is 78.4 Å². The van der Waals surface area contributed by atoms with E-state index in [4.69, 9.17) is 9.47 Å². The Kier molecular flexibility index (Phi) is 2.42. The second kappa shape index (κ2) is 3.56. The van der Waals surface area contributed by atoms with E-state index in [1.54, 1.807) is 6.92 Å². The van der Waals surface area contributed by atoms with Crippen LogP contribution in [0.3, 0.4) is 0 Å². The molecule has 3 heteroatoms. The molecule has 2 aliphatic carbocycles. The average molecular weight is 184 g/mol. The first-order chi connectivity index (χ1) is 6.29. The third-order valence-corrected chi connectivity index (χ3v) is 3.18. The molecule has 74 valence electrons. The summed E-state index contributed by atoms with van der Waals surface area (Å²) in [5.74, 6) is 1.43. The van der Waals surface area contributed by atoms with Crippen LogP contribution in [-0.2, 0) is 9.47 Å². The molecule has 0 aromatic rings. The first kappa shape index (κ1) is 8.85. The zero-order valence-corrected chi connectivity index (χ0v) is 7.99. The molecule has 0 amide bonds. The molecule has 0 N–H and O–H groups in total. The number of carbonyl (C=O) groups is 1. The predicted molar refractivity (Wildman–Crippen MR) is 47.3 cm³/mol. The van der Waals surface area contributed by atoms with Crippen molar-refractivity contribution in [1.82, 2.24) is 0 Å². The highest BCUT2D eigenvalue weighted by molar-refractivity contribution is 5.60. The van der Waals surface area contributed by atoms with Crippen LogP contribution in [0.4, 0.5) is 4.79 Å². The van der Waals surface area contributed by atoms with E-state index < -0.39 is 6.16 Å². The lowest BCUT2D eigenvalue weighted by Crippen LogP contribution is -2.24. The monoisotopic (exact) mass is 184 g/mol. The third-order valence-electron chi connectivity index (χ3n) is 3.18. The van der Waals surface area contributed by atoms with Crippen LogP contribution >= 0.6 is 0 Å². The van der Waals surface area contributed by atoms with Crippen molar-refractivity contribution in [2.75, 3.05) is 6.61 Å². The van der Waals surface area contributed by atoms with Crippen LogP contribution in [0.25, 0.3) is 0 Å². The van der Waals surface area contributed by atoms with Crippen LogP contribution in [0.15, 0.2) is 0 Å². The number of ether oxygens (including phenoxy) is 2. The molecular weight excluding hydrogens is 168 g/mol. The molecule has 2 rings (SSSR count). The first-order valence-corrected chi connectivity index (χ1v) is 5.13. The van der Waals surface area contributed by atoms with E-state index in [2.05, 4.69) is 0 Å². The highest BCUT2D eigenvalue weighted by atomic mass is 16.7. The normalized spacial score (nSPS) is 36.2. The summed E-state index contributed by atoms with van der Waals surface area (Å²) in [7, 11) is 0. The molecule has 3 nitrogen and oxygen atoms in total. The van der Waals surface area contributed by atoms with Gasteiger partial charge < -0.3 is 9.47 Å². The molecule has 2 aliphatic rings. The van der Waals surface area contributed by atoms with E-state index in [1.165, 1.54) is 19.3 Å². The molecule has 0 aliphatic heterocycles. The van der Waals surface area contributed by atoms with E-state index in [1.807, 2.05) is 0 Å². The summed E-state index contributed by atoms with van der Waals surface area (Å²) in [5.41, 5.74) is 0. The van der Waals surface area contributed by atoms with E-state index in [0.29, 0.717) is 12.5 Å². The summed E-state index contributed by atoms with van der Waals surface area (Å²) in [4.78, 5) is 11.0. The van der Waals surface area contributed by atoms with Crippen molar-refractivity contribution >= 4 is 6.16 Å². The topological polar surface area (TPSA) is 35.5 Å². The van der Waals surface area contributed by atoms with Gasteiger partial charge in [-0.2, -0.15) is 0 Å². The maximum absolute atomic E-state index is 11.0. The Morgan fingerprint density at radius 1 is 1.38 bits per heavy atom. The fourth-order valence-corrected chi connectivity index (χ4v) is 2.61. The van der Waals surface area contributed by atoms with Crippen LogP contribution in [0.1, 0.15) is 32.6 Å². The van der Waals surface area contributed by atoms with Gasteiger partial charge in [0.05, 0.1) is 6.61 Å². The minimum atomic E-state index is -0.486. The molecule has 13 heavy (non-hydrogen) atoms. The molecule has 0 spiro atoms. The molecule has 0 radical (unpaired) electrons. The Morgan fingerprint density at radius 2 is 2.23 bits per heavy atom. The summed E-state index contributed by atoms with van der Waals surface area (Å²) in [6, 6.07) is 0. The van der Waals surface area contributed by atoms with Gasteiger partial charge in [0, 0.05) is 0 Å². The SMILES string of the molecule is CCOC(=O)OC1CC2CCC1C2. The molecule has 0 aromatic heterocycles. The molecule has 0 aromatic carbocycles. The van der Waals surface area contributed by atoms with Crippen molar-refractivity contribution in [3.63, 3.8) is 0 Å². The molecule has 2 bridgehead atoms. The van der Waals surface area contributed by atoms with Gasteiger partial charge in [0.1, 0.15) is 6.10 Å². The number of rotatable bonds is 2. The number of fused-ring (bicyclic) bond motifs is 2. The second-order valence-electron chi connectivity index (χ2n) is 4.01. The summed E-state index contributed by atoms with van der Waals surface area (Å²) < 4.78 is 9.97. The molecule has 2 fully saturated rings. The quantitative estimate of drug-likeness (QED) is 0.618. The van der Waals surface area contributed by atoms with Crippen LogP contribution in [0.2, 0.25) is 0 Å². The first-order valence-electron chi connectivity index (χ1n) is 5.13. The molecular formula is C10H16O3. The maximum Gasteiger partial charge on any atom is 0.508 e. The zero-order valence-electron chi connectivity index (χ0n) is 7.99. The van der Waals surface area contributed by atoms with Gasteiger partial charge in [-0.1, -0.05) is 0 Å². The third kappa shape index (κ3) is 1.79. The summed E-state index contributed by atoms with van der Waals surface area (Å²) >= 11 is 0. The van der Waals surface area contributed by atoms with Crippen LogP contribution < -0.4 is 0 Å². The largest absolute Gasteiger partial charge is 0.508 e. The molecule has 2 saturated carbocycles. The van der Waals surface area contributed by atoms with Crippen LogP contribution in [-0.4, -0.2) is 18.9 Å². The van der Waals surface area contributed by atoms with E-state index in [-0.39, 0.29) is 6.10 Å². The Balaban J connectivity index is 1.79. The van der Waals surface area contributed by atoms with Gasteiger partial charge in [0.15, 0.2) is 0 Å². The van der Waals surface area contributed by atoms with Gasteiger partial charge in [0.25, 0.3) is 0 Å². The maximum atomic E-state index is 11.0. The summed E-state index contributed by atoms with van der Waals surface area (Å²) in [5, 5.41) is 0. The van der Waals surface area contributed by atoms with Crippen molar-refractivity contribution in [3.05, 3.63) is 0 Å². The van der Waals surface area contributed by atoms with Crippen molar-refractivity contribution in [3.8, 4) is 0 Å². The number of hydrogen-bond donors (Lipinski definition) is 0. The highest BCUT2D eigenvalue weighted by Gasteiger charge is 2.41. The van der Waals surface area contributed by atoms with Gasteiger partial charge in [-0.25, -0.2) is 4.79 Å². The lowest BCUT2D eigenvalue weighted by Gasteiger charge is -2.21. The molecule has 3 unspecified atom stereocenters. The van der Waals surface area contributed by atoms with Gasteiger partial charge in [-0.15, -0.1) is 0 Å². The van der Waals surface area contributed by atoms with Crippen molar-refractivity contribution < 1.29 is 14.3 Å². The van der Waals surface area contributed by atoms with Crippen LogP contribution in [0.5, 0.6) is 0 Å². The van der Waals surface area contributed by atoms with E-state index in [0.717, 1.165) is 12.3 Å². The lowest BCUT2D eigenvalue weighted by molar-refractivity contribution is 0.00694. The highest BCUT2D eigenvalue weighted by Crippen LogP contribution is 2.45. The average Bonchev–Trinajstić information content (AvgIpc) is 2.65. The Morgan fingerprint density at radius 3 is 2.77 bits per heavy atom. The van der Waals surface area contributed by atoms with Crippen molar-refractivity contribution in [2.45, 2.75) is 38.7 Å². The second-order valence-corrected chi connectivity index (χ2v) is 4.01. The molecule has 3 atom stereocenters. The standard InChI is InChI=1S/C10H16O3/c1-2-12-10(11)13-9-6-7-3-4-8(9)5-7/h7-9H,2-6H2,1H3. The minimum absolute atomic E-state index is 0.151. The van der Waals surface area contributed by atoms with Gasteiger partial charge in [-0.05, 0) is 44.4 Å². The lowest BCUT2D eigenvalue weighted by atomic mass is 9.98. The van der Waals surface area contributed by atoms with Crippen molar-refractivity contribution in [2.24, 2.45) is 11.8 Å². The van der Waals surface area contributed by atoms with E-state index in [9.17, 15) is 4.79 Å². The van der Waals surface area contributed by atoms with Crippen molar-refractivity contribution in [1.29, 1.82) is 0 Å². The summed E-state index contributed by atoms with van der Waals surface area (Å²) in [6.07, 6.45) is 4.54.